The minimum absolute atomic E-state index is 0.148. The lowest BCUT2D eigenvalue weighted by atomic mass is 10.1. The molecule has 0 bridgehead atoms. The predicted molar refractivity (Wildman–Crippen MR) is 52.6 cm³/mol. The normalized spacial score (nSPS) is 21.6. The van der Waals surface area contributed by atoms with E-state index in [0.717, 1.165) is 25.2 Å². The molecule has 0 saturated heterocycles. The van der Waals surface area contributed by atoms with Gasteiger partial charge < -0.3 is 14.8 Å². The number of rotatable bonds is 4. The van der Waals surface area contributed by atoms with E-state index in [1.807, 2.05) is 14.0 Å². The van der Waals surface area contributed by atoms with Crippen LogP contribution >= 0.6 is 0 Å². The summed E-state index contributed by atoms with van der Waals surface area (Å²) in [6.07, 6.45) is 4.54. The number of ether oxygens (including phenoxy) is 2. The van der Waals surface area contributed by atoms with E-state index in [1.165, 1.54) is 0 Å². The van der Waals surface area contributed by atoms with E-state index in [9.17, 15) is 0 Å². The van der Waals surface area contributed by atoms with E-state index >= 15 is 0 Å². The largest absolute Gasteiger partial charge is 0.496 e. The lowest BCUT2D eigenvalue weighted by Crippen LogP contribution is -2.40. The van der Waals surface area contributed by atoms with Gasteiger partial charge in [0.25, 0.3) is 0 Å². The highest BCUT2D eigenvalue weighted by Gasteiger charge is 2.21. The summed E-state index contributed by atoms with van der Waals surface area (Å²) in [5, 5.41) is 3.20. The first-order valence-corrected chi connectivity index (χ1v) is 4.82. The molecule has 1 heterocycles. The summed E-state index contributed by atoms with van der Waals surface area (Å²) >= 11 is 0. The van der Waals surface area contributed by atoms with Crippen LogP contribution in [0.25, 0.3) is 0 Å². The van der Waals surface area contributed by atoms with Crippen molar-refractivity contribution in [3.05, 3.63) is 11.8 Å². The number of allylic oxidation sites excluding steroid dienone is 1. The first-order chi connectivity index (χ1) is 6.29. The van der Waals surface area contributed by atoms with Gasteiger partial charge in [-0.2, -0.15) is 0 Å². The Labute approximate surface area is 80.1 Å². The molecule has 3 heteroatoms. The number of nitrogens with one attached hydrogen (secondary N) is 1. The first-order valence-electron chi connectivity index (χ1n) is 4.82. The van der Waals surface area contributed by atoms with Crippen LogP contribution in [0.4, 0.5) is 0 Å². The first kappa shape index (κ1) is 10.5. The van der Waals surface area contributed by atoms with Gasteiger partial charge in [0.15, 0.2) is 0 Å². The van der Waals surface area contributed by atoms with E-state index in [4.69, 9.17) is 9.47 Å². The molecule has 0 spiro atoms. The van der Waals surface area contributed by atoms with Crippen LogP contribution in [-0.4, -0.2) is 32.9 Å². The van der Waals surface area contributed by atoms with Crippen LogP contribution in [0.5, 0.6) is 0 Å². The van der Waals surface area contributed by atoms with Crippen LogP contribution in [0.15, 0.2) is 11.8 Å². The molecule has 3 nitrogen and oxygen atoms in total. The highest BCUT2D eigenvalue weighted by atomic mass is 16.5. The van der Waals surface area contributed by atoms with E-state index in [0.29, 0.717) is 0 Å². The SMILES string of the molecule is CNC(C1=CCCCO1)C(C)OC. The second-order valence-electron chi connectivity index (χ2n) is 3.30. The maximum atomic E-state index is 5.57. The summed E-state index contributed by atoms with van der Waals surface area (Å²) in [4.78, 5) is 0. The molecular formula is C10H19NO2. The smallest absolute Gasteiger partial charge is 0.112 e. The van der Waals surface area contributed by atoms with Crippen LogP contribution in [0.2, 0.25) is 0 Å². The fourth-order valence-electron chi connectivity index (χ4n) is 1.54. The van der Waals surface area contributed by atoms with Crippen molar-refractivity contribution < 1.29 is 9.47 Å². The van der Waals surface area contributed by atoms with Crippen LogP contribution in [0, 0.1) is 0 Å². The van der Waals surface area contributed by atoms with Gasteiger partial charge in [-0.1, -0.05) is 0 Å². The third-order valence-electron chi connectivity index (χ3n) is 2.42. The summed E-state index contributed by atoms with van der Waals surface area (Å²) in [7, 11) is 3.65. The third kappa shape index (κ3) is 2.71. The lowest BCUT2D eigenvalue weighted by molar-refractivity contribution is 0.0643. The molecular weight excluding hydrogens is 166 g/mol. The van der Waals surface area contributed by atoms with Gasteiger partial charge in [0.2, 0.25) is 0 Å². The van der Waals surface area contributed by atoms with Crippen LogP contribution in [0.3, 0.4) is 0 Å². The Bertz CT molecular complexity index is 180. The molecule has 0 fully saturated rings. The summed E-state index contributed by atoms with van der Waals surface area (Å²) in [6, 6.07) is 0.185. The average Bonchev–Trinajstić information content (AvgIpc) is 2.20. The van der Waals surface area contributed by atoms with Crippen LogP contribution < -0.4 is 5.32 Å². The molecule has 76 valence electrons. The Hall–Kier alpha value is -0.540. The average molecular weight is 185 g/mol. The summed E-state index contributed by atoms with van der Waals surface area (Å²) in [6.45, 7) is 2.88. The van der Waals surface area contributed by atoms with Crippen LogP contribution in [-0.2, 0) is 9.47 Å². The van der Waals surface area contributed by atoms with Gasteiger partial charge in [0.1, 0.15) is 5.76 Å². The molecule has 1 aliphatic rings. The van der Waals surface area contributed by atoms with Gasteiger partial charge in [-0.3, -0.25) is 0 Å². The molecule has 0 radical (unpaired) electrons. The predicted octanol–water partition coefficient (Wildman–Crippen LogP) is 1.30. The van der Waals surface area contributed by atoms with Crippen molar-refractivity contribution in [3.8, 4) is 0 Å². The number of hydrogen-bond donors (Lipinski definition) is 1. The van der Waals surface area contributed by atoms with Crippen molar-refractivity contribution in [2.45, 2.75) is 31.9 Å². The number of hydrogen-bond acceptors (Lipinski definition) is 3. The Morgan fingerprint density at radius 2 is 2.38 bits per heavy atom. The number of methoxy groups -OCH3 is 1. The molecule has 0 saturated carbocycles. The zero-order valence-corrected chi connectivity index (χ0v) is 8.67. The molecule has 2 atom stereocenters. The Morgan fingerprint density at radius 3 is 2.85 bits per heavy atom. The van der Waals surface area contributed by atoms with Gasteiger partial charge in [-0.15, -0.1) is 0 Å². The second kappa shape index (κ2) is 5.25. The van der Waals surface area contributed by atoms with Crippen molar-refractivity contribution in [2.24, 2.45) is 0 Å². The molecule has 13 heavy (non-hydrogen) atoms. The summed E-state index contributed by atoms with van der Waals surface area (Å²) in [5.41, 5.74) is 0. The van der Waals surface area contributed by atoms with E-state index in [2.05, 4.69) is 11.4 Å². The minimum Gasteiger partial charge on any atom is -0.496 e. The van der Waals surface area contributed by atoms with Crippen LogP contribution in [0.1, 0.15) is 19.8 Å². The zero-order chi connectivity index (χ0) is 9.68. The summed E-state index contributed by atoms with van der Waals surface area (Å²) in [5.74, 6) is 1.03. The van der Waals surface area contributed by atoms with Crippen molar-refractivity contribution in [3.63, 3.8) is 0 Å². The Kier molecular flexibility index (Phi) is 4.25. The monoisotopic (exact) mass is 185 g/mol. The van der Waals surface area contributed by atoms with Crippen molar-refractivity contribution >= 4 is 0 Å². The molecule has 0 aromatic carbocycles. The molecule has 2 unspecified atom stereocenters. The fourth-order valence-corrected chi connectivity index (χ4v) is 1.54. The molecule has 0 aromatic rings. The van der Waals surface area contributed by atoms with Crippen molar-refractivity contribution in [1.29, 1.82) is 0 Å². The topological polar surface area (TPSA) is 30.5 Å². The Morgan fingerprint density at radius 1 is 1.62 bits per heavy atom. The Balaban J connectivity index is 2.58. The zero-order valence-electron chi connectivity index (χ0n) is 8.67. The van der Waals surface area contributed by atoms with Gasteiger partial charge in [0.05, 0.1) is 18.8 Å². The maximum Gasteiger partial charge on any atom is 0.112 e. The van der Waals surface area contributed by atoms with Gasteiger partial charge in [0, 0.05) is 7.11 Å². The standard InChI is InChI=1S/C10H19NO2/c1-8(12-3)10(11-2)9-6-4-5-7-13-9/h6,8,10-11H,4-5,7H2,1-3H3. The highest BCUT2D eigenvalue weighted by molar-refractivity contribution is 5.07. The van der Waals surface area contributed by atoms with Gasteiger partial charge >= 0.3 is 0 Å². The van der Waals surface area contributed by atoms with Gasteiger partial charge in [-0.05, 0) is 32.9 Å². The number of likely N-dealkylation sites (N-methyl/N-ethyl adjacent to an activating group) is 1. The minimum atomic E-state index is 0.148. The third-order valence-corrected chi connectivity index (χ3v) is 2.42. The fraction of sp³-hybridized carbons (Fsp3) is 0.800. The molecule has 1 aliphatic heterocycles. The van der Waals surface area contributed by atoms with Crippen molar-refractivity contribution in [1.82, 2.24) is 5.32 Å². The van der Waals surface area contributed by atoms with E-state index in [1.54, 1.807) is 7.11 Å². The van der Waals surface area contributed by atoms with Gasteiger partial charge in [-0.25, -0.2) is 0 Å². The lowest BCUT2D eigenvalue weighted by Gasteiger charge is -2.27. The quantitative estimate of drug-likeness (QED) is 0.716. The maximum absolute atomic E-state index is 5.57. The second-order valence-corrected chi connectivity index (χ2v) is 3.30. The molecule has 0 aliphatic carbocycles. The molecule has 0 aromatic heterocycles. The van der Waals surface area contributed by atoms with Crippen molar-refractivity contribution in [2.75, 3.05) is 20.8 Å². The summed E-state index contributed by atoms with van der Waals surface area (Å²) < 4.78 is 10.8. The highest BCUT2D eigenvalue weighted by Crippen LogP contribution is 2.16. The molecule has 1 N–H and O–H groups in total. The van der Waals surface area contributed by atoms with E-state index in [-0.39, 0.29) is 12.1 Å². The molecule has 1 rings (SSSR count). The van der Waals surface area contributed by atoms with E-state index < -0.39 is 0 Å². The molecule has 0 amide bonds.